The van der Waals surface area contributed by atoms with Crippen LogP contribution in [0.5, 0.6) is 0 Å². The van der Waals surface area contributed by atoms with E-state index in [2.05, 4.69) is 62.3 Å². The molecule has 0 fully saturated rings. The Morgan fingerprint density at radius 1 is 1.08 bits per heavy atom. The van der Waals surface area contributed by atoms with E-state index in [-0.39, 0.29) is 6.03 Å². The second-order valence-corrected chi connectivity index (χ2v) is 6.76. The first-order chi connectivity index (χ1) is 12.1. The molecular weight excluding hydrogens is 378 g/mol. The van der Waals surface area contributed by atoms with Gasteiger partial charge in [-0.1, -0.05) is 42.0 Å². The summed E-state index contributed by atoms with van der Waals surface area (Å²) >= 11 is 3.42. The highest BCUT2D eigenvalue weighted by molar-refractivity contribution is 9.10. The molecule has 1 aromatic heterocycles. The summed E-state index contributed by atoms with van der Waals surface area (Å²) in [7, 11) is 0. The molecule has 128 valence electrons. The van der Waals surface area contributed by atoms with E-state index >= 15 is 0 Å². The van der Waals surface area contributed by atoms with E-state index < -0.39 is 0 Å². The quantitative estimate of drug-likeness (QED) is 0.629. The van der Waals surface area contributed by atoms with Crippen LogP contribution in [0.3, 0.4) is 0 Å². The van der Waals surface area contributed by atoms with E-state index in [1.165, 1.54) is 11.1 Å². The molecule has 0 unspecified atom stereocenters. The molecule has 0 aliphatic carbocycles. The van der Waals surface area contributed by atoms with Crippen LogP contribution in [-0.4, -0.2) is 10.6 Å². The monoisotopic (exact) mass is 397 g/mol. The summed E-state index contributed by atoms with van der Waals surface area (Å²) in [5.74, 6) is 0. The summed E-state index contributed by atoms with van der Waals surface area (Å²) in [6.07, 6.45) is 2.03. The molecule has 25 heavy (non-hydrogen) atoms. The smallest absolute Gasteiger partial charge is 0.319 e. The fourth-order valence-electron chi connectivity index (χ4n) is 2.67. The molecule has 2 amide bonds. The second-order valence-electron chi connectivity index (χ2n) is 5.90. The summed E-state index contributed by atoms with van der Waals surface area (Å²) < 4.78 is 3.00. The van der Waals surface area contributed by atoms with Gasteiger partial charge in [0.1, 0.15) is 0 Å². The van der Waals surface area contributed by atoms with Gasteiger partial charge >= 0.3 is 6.03 Å². The van der Waals surface area contributed by atoms with Crippen molar-refractivity contribution in [2.24, 2.45) is 0 Å². The minimum absolute atomic E-state index is 0.227. The van der Waals surface area contributed by atoms with Crippen molar-refractivity contribution in [1.29, 1.82) is 0 Å². The molecule has 2 N–H and O–H groups in total. The average molecular weight is 398 g/mol. The molecule has 0 saturated carbocycles. The van der Waals surface area contributed by atoms with Crippen LogP contribution in [0.1, 0.15) is 16.8 Å². The number of amides is 2. The van der Waals surface area contributed by atoms with Gasteiger partial charge in [-0.25, -0.2) is 4.79 Å². The van der Waals surface area contributed by atoms with Crippen LogP contribution < -0.4 is 10.6 Å². The molecule has 0 aliphatic heterocycles. The van der Waals surface area contributed by atoms with E-state index in [1.807, 2.05) is 42.6 Å². The molecule has 3 aromatic rings. The van der Waals surface area contributed by atoms with Crippen LogP contribution in [0.25, 0.3) is 0 Å². The van der Waals surface area contributed by atoms with Crippen LogP contribution in [0, 0.1) is 6.92 Å². The Balaban J connectivity index is 1.60. The van der Waals surface area contributed by atoms with Gasteiger partial charge in [0.05, 0.1) is 12.2 Å². The lowest BCUT2D eigenvalue weighted by atomic mass is 10.1. The number of aromatic nitrogens is 1. The van der Waals surface area contributed by atoms with Crippen molar-refractivity contribution in [2.45, 2.75) is 20.0 Å². The number of carbonyl (C=O) groups excluding carboxylic acids is 1. The van der Waals surface area contributed by atoms with E-state index in [1.54, 1.807) is 0 Å². The van der Waals surface area contributed by atoms with Gasteiger partial charge in [-0.05, 0) is 52.7 Å². The number of hydrogen-bond acceptors (Lipinski definition) is 1. The molecule has 5 heteroatoms. The van der Waals surface area contributed by atoms with Gasteiger partial charge < -0.3 is 15.2 Å². The van der Waals surface area contributed by atoms with Crippen molar-refractivity contribution in [3.05, 3.63) is 88.2 Å². The number of nitrogens with zero attached hydrogens (tertiary/aromatic N) is 1. The molecule has 0 radical (unpaired) electrons. The highest BCUT2D eigenvalue weighted by Crippen LogP contribution is 2.20. The van der Waals surface area contributed by atoms with E-state index in [4.69, 9.17) is 0 Å². The SMILES string of the molecule is Cc1cccc(Cn2cccc2CNC(=O)Nc2ccccc2Br)c1. The van der Waals surface area contributed by atoms with Crippen LogP contribution in [0.2, 0.25) is 0 Å². The van der Waals surface area contributed by atoms with Gasteiger partial charge in [-0.15, -0.1) is 0 Å². The number of carbonyl (C=O) groups is 1. The molecule has 3 rings (SSSR count). The minimum Gasteiger partial charge on any atom is -0.345 e. The number of urea groups is 1. The lowest BCUT2D eigenvalue weighted by molar-refractivity contribution is 0.251. The first-order valence-electron chi connectivity index (χ1n) is 8.11. The third-order valence-electron chi connectivity index (χ3n) is 3.91. The normalized spacial score (nSPS) is 10.5. The Labute approximate surface area is 156 Å². The molecule has 1 heterocycles. The maximum atomic E-state index is 12.1. The third kappa shape index (κ3) is 4.73. The maximum Gasteiger partial charge on any atom is 0.319 e. The van der Waals surface area contributed by atoms with Crippen molar-refractivity contribution in [3.63, 3.8) is 0 Å². The largest absolute Gasteiger partial charge is 0.345 e. The van der Waals surface area contributed by atoms with E-state index in [0.717, 1.165) is 22.4 Å². The number of halogens is 1. The summed E-state index contributed by atoms with van der Waals surface area (Å²) in [5.41, 5.74) is 4.30. The van der Waals surface area contributed by atoms with Crippen LogP contribution >= 0.6 is 15.9 Å². The third-order valence-corrected chi connectivity index (χ3v) is 4.60. The van der Waals surface area contributed by atoms with Gasteiger partial charge in [-0.3, -0.25) is 0 Å². The zero-order valence-electron chi connectivity index (χ0n) is 14.0. The summed E-state index contributed by atoms with van der Waals surface area (Å²) in [6.45, 7) is 3.35. The first-order valence-corrected chi connectivity index (χ1v) is 8.90. The molecule has 0 spiro atoms. The van der Waals surface area contributed by atoms with Crippen molar-refractivity contribution < 1.29 is 4.79 Å². The molecule has 0 atom stereocenters. The molecule has 0 saturated heterocycles. The predicted octanol–water partition coefficient (Wildman–Crippen LogP) is 4.93. The maximum absolute atomic E-state index is 12.1. The zero-order chi connectivity index (χ0) is 17.6. The second kappa shape index (κ2) is 8.03. The molecular formula is C20H20BrN3O. The number of benzene rings is 2. The predicted molar refractivity (Wildman–Crippen MR) is 105 cm³/mol. The van der Waals surface area contributed by atoms with Gasteiger partial charge in [0.25, 0.3) is 0 Å². The fraction of sp³-hybridized carbons (Fsp3) is 0.150. The van der Waals surface area contributed by atoms with Crippen molar-refractivity contribution in [3.8, 4) is 0 Å². The highest BCUT2D eigenvalue weighted by atomic mass is 79.9. The fourth-order valence-corrected chi connectivity index (χ4v) is 3.06. The molecule has 0 bridgehead atoms. The number of rotatable bonds is 5. The van der Waals surface area contributed by atoms with E-state index in [9.17, 15) is 4.79 Å². The zero-order valence-corrected chi connectivity index (χ0v) is 15.6. The number of aryl methyl sites for hydroxylation is 1. The molecule has 2 aromatic carbocycles. The average Bonchev–Trinajstić information content (AvgIpc) is 3.02. The number of para-hydroxylation sites is 1. The standard InChI is InChI=1S/C20H20BrN3O/c1-15-6-4-7-16(12-15)14-24-11-5-8-17(24)13-22-20(25)23-19-10-3-2-9-18(19)21/h2-12H,13-14H2,1H3,(H2,22,23,25). The Morgan fingerprint density at radius 3 is 2.72 bits per heavy atom. The Bertz CT molecular complexity index is 873. The Morgan fingerprint density at radius 2 is 1.92 bits per heavy atom. The summed E-state index contributed by atoms with van der Waals surface area (Å²) in [4.78, 5) is 12.1. The van der Waals surface area contributed by atoms with Crippen molar-refractivity contribution in [2.75, 3.05) is 5.32 Å². The first kappa shape index (κ1) is 17.3. The Hall–Kier alpha value is -2.53. The number of nitrogens with one attached hydrogen (secondary N) is 2. The molecule has 0 aliphatic rings. The van der Waals surface area contributed by atoms with E-state index in [0.29, 0.717) is 6.54 Å². The van der Waals surface area contributed by atoms with Crippen LogP contribution in [0.15, 0.2) is 71.3 Å². The summed E-state index contributed by atoms with van der Waals surface area (Å²) in [5, 5.41) is 5.75. The number of hydrogen-bond donors (Lipinski definition) is 2. The lowest BCUT2D eigenvalue weighted by Crippen LogP contribution is -2.29. The minimum atomic E-state index is -0.227. The molecule has 4 nitrogen and oxygen atoms in total. The lowest BCUT2D eigenvalue weighted by Gasteiger charge is -2.12. The summed E-state index contributed by atoms with van der Waals surface area (Å²) in [6, 6.07) is 19.8. The van der Waals surface area contributed by atoms with Gasteiger partial charge in [-0.2, -0.15) is 0 Å². The van der Waals surface area contributed by atoms with Crippen molar-refractivity contribution in [1.82, 2.24) is 9.88 Å². The number of anilines is 1. The van der Waals surface area contributed by atoms with Crippen molar-refractivity contribution >= 4 is 27.6 Å². The van der Waals surface area contributed by atoms with Crippen LogP contribution in [0.4, 0.5) is 10.5 Å². The topological polar surface area (TPSA) is 46.1 Å². The van der Waals surface area contributed by atoms with Gasteiger partial charge in [0.15, 0.2) is 0 Å². The van der Waals surface area contributed by atoms with Gasteiger partial charge in [0, 0.05) is 22.9 Å². The van der Waals surface area contributed by atoms with Crippen LogP contribution in [-0.2, 0) is 13.1 Å². The Kier molecular flexibility index (Phi) is 5.56. The van der Waals surface area contributed by atoms with Gasteiger partial charge in [0.2, 0.25) is 0 Å². The highest BCUT2D eigenvalue weighted by Gasteiger charge is 2.07.